The van der Waals surface area contributed by atoms with Crippen molar-refractivity contribution in [2.24, 2.45) is 17.8 Å². The molecule has 0 aromatic rings. The fourth-order valence-electron chi connectivity index (χ4n) is 5.66. The predicted octanol–water partition coefficient (Wildman–Crippen LogP) is 4.46. The summed E-state index contributed by atoms with van der Waals surface area (Å²) in [5, 5.41) is 30.2. The third-order valence-corrected chi connectivity index (χ3v) is 7.58. The monoisotopic (exact) mass is 432 g/mol. The van der Waals surface area contributed by atoms with Crippen LogP contribution in [-0.4, -0.2) is 45.7 Å². The third kappa shape index (κ3) is 5.92. The summed E-state index contributed by atoms with van der Waals surface area (Å²) in [6, 6.07) is 0. The van der Waals surface area contributed by atoms with Crippen molar-refractivity contribution >= 4 is 5.97 Å². The third-order valence-electron chi connectivity index (χ3n) is 7.58. The number of carbonyl (C=O) groups is 1. The van der Waals surface area contributed by atoms with E-state index in [4.69, 9.17) is 9.84 Å². The van der Waals surface area contributed by atoms with Gasteiger partial charge < -0.3 is 20.1 Å². The van der Waals surface area contributed by atoms with Gasteiger partial charge in [-0.2, -0.15) is 0 Å². The lowest BCUT2D eigenvalue weighted by Gasteiger charge is -2.57. The Balaban J connectivity index is 1.71. The largest absolute Gasteiger partial charge is 0.481 e. The van der Waals surface area contributed by atoms with Crippen LogP contribution in [0, 0.1) is 29.6 Å². The van der Waals surface area contributed by atoms with Crippen LogP contribution in [0.3, 0.4) is 0 Å². The van der Waals surface area contributed by atoms with Crippen molar-refractivity contribution in [3.63, 3.8) is 0 Å². The number of rotatable bonds is 9. The van der Waals surface area contributed by atoms with Gasteiger partial charge in [-0.25, -0.2) is 0 Å². The number of aliphatic hydroxyl groups is 2. The molecule has 5 nitrogen and oxygen atoms in total. The maximum atomic E-state index is 10.8. The molecule has 0 aromatic heterocycles. The number of fused-ring (bicyclic) bond motifs is 1. The minimum absolute atomic E-state index is 0.143. The first-order valence-electron chi connectivity index (χ1n) is 12.4. The van der Waals surface area contributed by atoms with Gasteiger partial charge in [0.25, 0.3) is 0 Å². The molecule has 3 aliphatic carbocycles. The molecule has 0 bridgehead atoms. The quantitative estimate of drug-likeness (QED) is 0.284. The van der Waals surface area contributed by atoms with E-state index in [1.54, 1.807) is 0 Å². The van der Waals surface area contributed by atoms with Crippen molar-refractivity contribution in [1.29, 1.82) is 0 Å². The van der Waals surface area contributed by atoms with Crippen LogP contribution in [0.4, 0.5) is 0 Å². The number of hydrogen-bond acceptors (Lipinski definition) is 4. The van der Waals surface area contributed by atoms with E-state index >= 15 is 0 Å². The molecule has 0 spiro atoms. The summed E-state index contributed by atoms with van der Waals surface area (Å²) in [5.41, 5.74) is 0.887. The molecule has 3 aliphatic rings. The van der Waals surface area contributed by atoms with Gasteiger partial charge in [0.05, 0.1) is 17.6 Å². The summed E-state index contributed by atoms with van der Waals surface area (Å²) in [7, 11) is 0. The lowest BCUT2D eigenvalue weighted by Crippen LogP contribution is -2.60. The molecule has 0 saturated heterocycles. The number of carboxylic acids is 1. The number of carboxylic acid groups (broad SMARTS) is 1. The van der Waals surface area contributed by atoms with Crippen molar-refractivity contribution < 1.29 is 24.9 Å². The Hall–Kier alpha value is -1.35. The minimum Gasteiger partial charge on any atom is -0.481 e. The lowest BCUT2D eigenvalue weighted by atomic mass is 9.53. The van der Waals surface area contributed by atoms with Crippen molar-refractivity contribution in [3.8, 4) is 11.8 Å². The Morgan fingerprint density at radius 1 is 1.26 bits per heavy atom. The first-order chi connectivity index (χ1) is 15.0. The highest BCUT2D eigenvalue weighted by atomic mass is 16.5. The molecule has 5 atom stereocenters. The Bertz CT molecular complexity index is 684. The van der Waals surface area contributed by atoms with Crippen LogP contribution >= 0.6 is 0 Å². The van der Waals surface area contributed by atoms with Gasteiger partial charge in [0.15, 0.2) is 0 Å². The molecule has 3 fully saturated rings. The van der Waals surface area contributed by atoms with E-state index in [9.17, 15) is 15.0 Å². The summed E-state index contributed by atoms with van der Waals surface area (Å²) in [6.45, 7) is 2.84. The molecule has 5 unspecified atom stereocenters. The van der Waals surface area contributed by atoms with Crippen LogP contribution in [0.1, 0.15) is 90.4 Å². The zero-order valence-electron chi connectivity index (χ0n) is 19.0. The van der Waals surface area contributed by atoms with E-state index in [1.165, 1.54) is 24.8 Å². The molecule has 3 saturated carbocycles. The van der Waals surface area contributed by atoms with Gasteiger partial charge in [0.1, 0.15) is 6.10 Å². The van der Waals surface area contributed by atoms with Gasteiger partial charge >= 0.3 is 5.97 Å². The average Bonchev–Trinajstić information content (AvgIpc) is 2.76. The highest BCUT2D eigenvalue weighted by Crippen LogP contribution is 2.57. The van der Waals surface area contributed by atoms with Crippen LogP contribution in [0.15, 0.2) is 11.6 Å². The Labute approximate surface area is 187 Å². The highest BCUT2D eigenvalue weighted by molar-refractivity contribution is 5.66. The van der Waals surface area contributed by atoms with Crippen molar-refractivity contribution in [3.05, 3.63) is 11.6 Å². The highest BCUT2D eigenvalue weighted by Gasteiger charge is 2.58. The zero-order valence-corrected chi connectivity index (χ0v) is 19.0. The number of allylic oxidation sites excluding steroid dienone is 1. The number of unbranched alkanes of at least 4 members (excludes halogenated alkanes) is 2. The minimum atomic E-state index is -0.758. The normalized spacial score (nSPS) is 33.1. The molecule has 174 valence electrons. The van der Waals surface area contributed by atoms with Gasteiger partial charge in [-0.1, -0.05) is 50.5 Å². The van der Waals surface area contributed by atoms with Gasteiger partial charge in [-0.05, 0) is 62.9 Å². The van der Waals surface area contributed by atoms with E-state index in [-0.39, 0.29) is 29.8 Å². The van der Waals surface area contributed by atoms with Gasteiger partial charge in [-0.3, -0.25) is 4.79 Å². The molecule has 0 amide bonds. The summed E-state index contributed by atoms with van der Waals surface area (Å²) < 4.78 is 6.48. The standard InChI is InChI=1S/C26H40O5/c1-2-3-17-31-26-16-15-24(28)21(13-14-23(27)19-9-5-4-6-10-19)22(26)18-20(26)11-7-8-12-25(29)30/h11,19,21-24,27-28H,2-10,12,15-18H2,1H3,(H,29,30). The zero-order chi connectivity index (χ0) is 22.3. The van der Waals surface area contributed by atoms with Crippen LogP contribution < -0.4 is 0 Å². The van der Waals surface area contributed by atoms with E-state index in [1.807, 2.05) is 0 Å². The smallest absolute Gasteiger partial charge is 0.303 e. The molecule has 3 rings (SSSR count). The topological polar surface area (TPSA) is 87.0 Å². The Kier molecular flexibility index (Phi) is 9.01. The first-order valence-corrected chi connectivity index (χ1v) is 12.4. The fraction of sp³-hybridized carbons (Fsp3) is 0.808. The Morgan fingerprint density at radius 3 is 2.74 bits per heavy atom. The van der Waals surface area contributed by atoms with Crippen molar-refractivity contribution in [2.75, 3.05) is 6.61 Å². The second-order valence-corrected chi connectivity index (χ2v) is 9.68. The summed E-state index contributed by atoms with van der Waals surface area (Å²) in [4.78, 5) is 10.8. The molecular weight excluding hydrogens is 392 g/mol. The first kappa shape index (κ1) is 24.3. The number of aliphatic hydroxyl groups excluding tert-OH is 2. The van der Waals surface area contributed by atoms with Crippen LogP contribution in [0.5, 0.6) is 0 Å². The van der Waals surface area contributed by atoms with Gasteiger partial charge in [-0.15, -0.1) is 0 Å². The number of hydrogen-bond donors (Lipinski definition) is 3. The maximum absolute atomic E-state index is 10.8. The van der Waals surface area contributed by atoms with E-state index < -0.39 is 18.2 Å². The summed E-state index contributed by atoms with van der Waals surface area (Å²) in [5.74, 6) is 5.86. The second kappa shape index (κ2) is 11.5. The summed E-state index contributed by atoms with van der Waals surface area (Å²) in [6.07, 6.45) is 12.7. The predicted molar refractivity (Wildman–Crippen MR) is 120 cm³/mol. The van der Waals surface area contributed by atoms with Crippen molar-refractivity contribution in [1.82, 2.24) is 0 Å². The molecule has 0 aromatic carbocycles. The molecule has 3 N–H and O–H groups in total. The second-order valence-electron chi connectivity index (χ2n) is 9.68. The number of ether oxygens (including phenoxy) is 1. The fourth-order valence-corrected chi connectivity index (χ4v) is 5.66. The molecule has 31 heavy (non-hydrogen) atoms. The van der Waals surface area contributed by atoms with Crippen LogP contribution in [0.25, 0.3) is 0 Å². The average molecular weight is 433 g/mol. The SMILES string of the molecule is CCCCOC12CCC(O)C(C#CC(O)C3CCCCC3)C1CC2=CCCCC(=O)O. The van der Waals surface area contributed by atoms with Gasteiger partial charge in [0, 0.05) is 18.9 Å². The van der Waals surface area contributed by atoms with Crippen LogP contribution in [0.2, 0.25) is 0 Å². The molecule has 0 aliphatic heterocycles. The lowest BCUT2D eigenvalue weighted by molar-refractivity contribution is -0.156. The van der Waals surface area contributed by atoms with Gasteiger partial charge in [0.2, 0.25) is 0 Å². The van der Waals surface area contributed by atoms with Crippen molar-refractivity contribution in [2.45, 2.75) is 108 Å². The van der Waals surface area contributed by atoms with E-state index in [0.29, 0.717) is 19.4 Å². The molecule has 0 radical (unpaired) electrons. The maximum Gasteiger partial charge on any atom is 0.303 e. The number of aliphatic carboxylic acids is 1. The Morgan fingerprint density at radius 2 is 2.03 bits per heavy atom. The molecule has 0 heterocycles. The van der Waals surface area contributed by atoms with Crippen LogP contribution in [-0.2, 0) is 9.53 Å². The summed E-state index contributed by atoms with van der Waals surface area (Å²) >= 11 is 0. The van der Waals surface area contributed by atoms with E-state index in [0.717, 1.165) is 44.9 Å². The van der Waals surface area contributed by atoms with E-state index in [2.05, 4.69) is 24.8 Å². The molecular formula is C26H40O5. The molecule has 5 heteroatoms.